The standard InChI is InChI=1S/C23H28N2O4S/c1-28-21-6-5-18-7-10-25(15-19(18)14-21)23(26)24-20-4-2-3-17(13-20)16-30(27)22-8-11-29-12-9-22/h2-6,13-14,22H,7-12,15-16H2,1H3,(H,24,26). The van der Waals surface area contributed by atoms with Gasteiger partial charge in [0.15, 0.2) is 0 Å². The number of benzene rings is 2. The van der Waals surface area contributed by atoms with Crippen LogP contribution in [0.1, 0.15) is 29.5 Å². The van der Waals surface area contributed by atoms with Crippen LogP contribution in [0.4, 0.5) is 10.5 Å². The van der Waals surface area contributed by atoms with Gasteiger partial charge in [-0.1, -0.05) is 18.2 Å². The van der Waals surface area contributed by atoms with Crippen LogP contribution in [-0.2, 0) is 34.3 Å². The Morgan fingerprint density at radius 3 is 2.83 bits per heavy atom. The van der Waals surface area contributed by atoms with Gasteiger partial charge in [-0.25, -0.2) is 4.79 Å². The molecule has 1 saturated heterocycles. The second-order valence-electron chi connectivity index (χ2n) is 7.77. The molecule has 1 unspecified atom stereocenters. The topological polar surface area (TPSA) is 67.9 Å². The van der Waals surface area contributed by atoms with Gasteiger partial charge in [-0.2, -0.15) is 0 Å². The maximum atomic E-state index is 12.8. The molecule has 2 amide bonds. The molecule has 0 aliphatic carbocycles. The Labute approximate surface area is 180 Å². The molecule has 7 heteroatoms. The second-order valence-corrected chi connectivity index (χ2v) is 9.49. The molecule has 0 spiro atoms. The van der Waals surface area contributed by atoms with Crippen LogP contribution in [0.3, 0.4) is 0 Å². The van der Waals surface area contributed by atoms with E-state index in [2.05, 4.69) is 11.4 Å². The quantitative estimate of drug-likeness (QED) is 0.788. The minimum atomic E-state index is -0.926. The van der Waals surface area contributed by atoms with E-state index in [0.29, 0.717) is 32.1 Å². The van der Waals surface area contributed by atoms with Crippen LogP contribution in [0, 0.1) is 0 Å². The number of carbonyl (C=O) groups is 1. The van der Waals surface area contributed by atoms with Gasteiger partial charge >= 0.3 is 6.03 Å². The zero-order valence-corrected chi connectivity index (χ0v) is 18.1. The zero-order valence-electron chi connectivity index (χ0n) is 17.3. The molecule has 0 radical (unpaired) electrons. The molecule has 6 nitrogen and oxygen atoms in total. The Kier molecular flexibility index (Phi) is 6.69. The molecule has 4 rings (SSSR count). The highest BCUT2D eigenvalue weighted by atomic mass is 32.2. The van der Waals surface area contributed by atoms with E-state index in [9.17, 15) is 9.00 Å². The van der Waals surface area contributed by atoms with Crippen LogP contribution >= 0.6 is 0 Å². The van der Waals surface area contributed by atoms with Gasteiger partial charge in [0.05, 0.1) is 7.11 Å². The summed E-state index contributed by atoms with van der Waals surface area (Å²) in [5, 5.41) is 3.20. The highest BCUT2D eigenvalue weighted by Gasteiger charge is 2.22. The highest BCUT2D eigenvalue weighted by Crippen LogP contribution is 2.25. The highest BCUT2D eigenvalue weighted by molar-refractivity contribution is 7.84. The summed E-state index contributed by atoms with van der Waals surface area (Å²) in [4.78, 5) is 14.6. The summed E-state index contributed by atoms with van der Waals surface area (Å²) in [6.45, 7) is 2.62. The average molecular weight is 429 g/mol. The van der Waals surface area contributed by atoms with E-state index >= 15 is 0 Å². The first kappa shape index (κ1) is 20.9. The van der Waals surface area contributed by atoms with Crippen molar-refractivity contribution in [3.63, 3.8) is 0 Å². The number of ether oxygens (including phenoxy) is 2. The van der Waals surface area contributed by atoms with Gasteiger partial charge in [0.1, 0.15) is 5.75 Å². The number of methoxy groups -OCH3 is 1. The first-order valence-corrected chi connectivity index (χ1v) is 11.8. The summed E-state index contributed by atoms with van der Waals surface area (Å²) in [6.07, 6.45) is 2.53. The van der Waals surface area contributed by atoms with Crippen molar-refractivity contribution in [1.82, 2.24) is 4.90 Å². The third-order valence-electron chi connectivity index (χ3n) is 5.74. The van der Waals surface area contributed by atoms with Crippen molar-refractivity contribution in [2.75, 3.05) is 32.2 Å². The number of rotatable bonds is 5. The van der Waals surface area contributed by atoms with Crippen molar-refractivity contribution in [1.29, 1.82) is 0 Å². The largest absolute Gasteiger partial charge is 0.497 e. The number of urea groups is 1. The van der Waals surface area contributed by atoms with Crippen molar-refractivity contribution >= 4 is 22.5 Å². The Bertz CT molecular complexity index is 927. The molecule has 2 aromatic rings. The molecular formula is C23H28N2O4S. The van der Waals surface area contributed by atoms with Gasteiger partial charge in [0, 0.05) is 53.8 Å². The van der Waals surface area contributed by atoms with Crippen LogP contribution in [0.2, 0.25) is 0 Å². The number of hydrogen-bond acceptors (Lipinski definition) is 4. The Hall–Kier alpha value is -2.38. The number of hydrogen-bond donors (Lipinski definition) is 1. The van der Waals surface area contributed by atoms with Crippen molar-refractivity contribution in [2.24, 2.45) is 0 Å². The summed E-state index contributed by atoms with van der Waals surface area (Å²) >= 11 is 0. The maximum Gasteiger partial charge on any atom is 0.322 e. The van der Waals surface area contributed by atoms with Crippen LogP contribution in [0.15, 0.2) is 42.5 Å². The molecule has 2 aliphatic heterocycles. The molecule has 160 valence electrons. The van der Waals surface area contributed by atoms with Gasteiger partial charge < -0.3 is 19.7 Å². The first-order valence-electron chi connectivity index (χ1n) is 10.4. The number of nitrogens with zero attached hydrogens (tertiary/aromatic N) is 1. The van der Waals surface area contributed by atoms with E-state index in [0.717, 1.165) is 41.8 Å². The van der Waals surface area contributed by atoms with Crippen molar-refractivity contribution in [2.45, 2.75) is 36.8 Å². The number of carbonyl (C=O) groups excluding carboxylic acids is 1. The van der Waals surface area contributed by atoms with Crippen molar-refractivity contribution in [3.8, 4) is 5.75 Å². The molecule has 2 aromatic carbocycles. The third-order valence-corrected chi connectivity index (χ3v) is 7.57. The lowest BCUT2D eigenvalue weighted by atomic mass is 10.00. The van der Waals surface area contributed by atoms with Crippen LogP contribution < -0.4 is 10.1 Å². The molecule has 2 heterocycles. The average Bonchev–Trinajstić information content (AvgIpc) is 2.79. The van der Waals surface area contributed by atoms with Gasteiger partial charge in [-0.05, 0) is 60.2 Å². The zero-order chi connectivity index (χ0) is 20.9. The summed E-state index contributed by atoms with van der Waals surface area (Å²) in [5.74, 6) is 1.31. The molecule has 2 aliphatic rings. The predicted octanol–water partition coefficient (Wildman–Crippen LogP) is 3.71. The van der Waals surface area contributed by atoms with Gasteiger partial charge in [0.2, 0.25) is 0 Å². The Balaban J connectivity index is 1.37. The van der Waals surface area contributed by atoms with Crippen LogP contribution in [-0.4, -0.2) is 47.3 Å². The fraction of sp³-hybridized carbons (Fsp3) is 0.435. The fourth-order valence-electron chi connectivity index (χ4n) is 4.00. The van der Waals surface area contributed by atoms with E-state index in [-0.39, 0.29) is 11.3 Å². The van der Waals surface area contributed by atoms with Gasteiger partial charge in [-0.15, -0.1) is 0 Å². The predicted molar refractivity (Wildman–Crippen MR) is 118 cm³/mol. The van der Waals surface area contributed by atoms with Gasteiger partial charge in [-0.3, -0.25) is 4.21 Å². The van der Waals surface area contributed by atoms with E-state index in [1.807, 2.05) is 41.3 Å². The number of nitrogens with one attached hydrogen (secondary N) is 1. The van der Waals surface area contributed by atoms with E-state index in [4.69, 9.17) is 9.47 Å². The van der Waals surface area contributed by atoms with Crippen LogP contribution in [0.25, 0.3) is 0 Å². The molecule has 0 saturated carbocycles. The van der Waals surface area contributed by atoms with E-state index in [1.165, 1.54) is 5.56 Å². The molecule has 1 N–H and O–H groups in total. The van der Waals surface area contributed by atoms with Crippen molar-refractivity contribution in [3.05, 3.63) is 59.2 Å². The lowest BCUT2D eigenvalue weighted by molar-refractivity contribution is 0.0992. The minimum Gasteiger partial charge on any atom is -0.497 e. The van der Waals surface area contributed by atoms with E-state index < -0.39 is 10.8 Å². The molecule has 1 fully saturated rings. The summed E-state index contributed by atoms with van der Waals surface area (Å²) in [6, 6.07) is 13.6. The lowest BCUT2D eigenvalue weighted by Crippen LogP contribution is -2.38. The van der Waals surface area contributed by atoms with Crippen LogP contribution in [0.5, 0.6) is 5.75 Å². The molecular weight excluding hydrogens is 400 g/mol. The lowest BCUT2D eigenvalue weighted by Gasteiger charge is -2.29. The second kappa shape index (κ2) is 9.62. The minimum absolute atomic E-state index is 0.119. The first-order chi connectivity index (χ1) is 14.6. The number of anilines is 1. The third kappa shape index (κ3) is 5.02. The van der Waals surface area contributed by atoms with E-state index in [1.54, 1.807) is 7.11 Å². The van der Waals surface area contributed by atoms with Crippen molar-refractivity contribution < 1.29 is 18.5 Å². The normalized spacial score (nSPS) is 17.8. The SMILES string of the molecule is COc1ccc2c(c1)CN(C(=O)Nc1cccc(CS(=O)C3CCOCC3)c1)CC2. The summed E-state index contributed by atoms with van der Waals surface area (Å²) in [7, 11) is 0.724. The Morgan fingerprint density at radius 1 is 1.20 bits per heavy atom. The molecule has 30 heavy (non-hydrogen) atoms. The molecule has 0 bridgehead atoms. The monoisotopic (exact) mass is 428 g/mol. The number of fused-ring (bicyclic) bond motifs is 1. The number of amides is 2. The summed E-state index contributed by atoms with van der Waals surface area (Å²) in [5.41, 5.74) is 4.10. The summed E-state index contributed by atoms with van der Waals surface area (Å²) < 4.78 is 23.3. The Morgan fingerprint density at radius 2 is 2.03 bits per heavy atom. The maximum absolute atomic E-state index is 12.8. The molecule has 0 aromatic heterocycles. The fourth-order valence-corrected chi connectivity index (χ4v) is 5.46. The molecule has 1 atom stereocenters. The van der Waals surface area contributed by atoms with Gasteiger partial charge in [0.25, 0.3) is 0 Å². The smallest absolute Gasteiger partial charge is 0.322 e.